The zero-order valence-electron chi connectivity index (χ0n) is 15.4. The van der Waals surface area contributed by atoms with Crippen molar-refractivity contribution in [3.63, 3.8) is 0 Å². The van der Waals surface area contributed by atoms with Crippen molar-refractivity contribution in [2.75, 3.05) is 32.8 Å². The summed E-state index contributed by atoms with van der Waals surface area (Å²) < 4.78 is 57.3. The lowest BCUT2D eigenvalue weighted by atomic mass is 9.97. The molecule has 0 radical (unpaired) electrons. The maximum absolute atomic E-state index is 13.3. The molecule has 156 valence electrons. The van der Waals surface area contributed by atoms with Crippen molar-refractivity contribution < 1.29 is 31.5 Å². The van der Waals surface area contributed by atoms with Crippen LogP contribution in [-0.2, 0) is 19.6 Å². The van der Waals surface area contributed by atoms with Crippen LogP contribution in [0, 0.1) is 17.6 Å². The fourth-order valence-electron chi connectivity index (χ4n) is 2.82. The number of carbonyl (C=O) groups excluding carboxylic acids is 2. The summed E-state index contributed by atoms with van der Waals surface area (Å²) in [5.74, 6) is -2.94. The first-order valence-electron chi connectivity index (χ1n) is 8.89. The van der Waals surface area contributed by atoms with Crippen LogP contribution in [-0.4, -0.2) is 57.5 Å². The Morgan fingerprint density at radius 2 is 1.79 bits per heavy atom. The highest BCUT2D eigenvalue weighted by atomic mass is 32.2. The van der Waals surface area contributed by atoms with Gasteiger partial charge in [-0.25, -0.2) is 22.0 Å². The Morgan fingerprint density at radius 1 is 1.14 bits per heavy atom. The summed E-state index contributed by atoms with van der Waals surface area (Å²) in [4.78, 5) is 23.0. The quantitative estimate of drug-likeness (QED) is 0.647. The number of halogens is 2. The third-order valence-electron chi connectivity index (χ3n) is 4.32. The molecule has 0 saturated carbocycles. The van der Waals surface area contributed by atoms with Gasteiger partial charge >= 0.3 is 6.09 Å². The lowest BCUT2D eigenvalue weighted by Crippen LogP contribution is -2.44. The molecule has 2 rings (SSSR count). The molecule has 1 saturated heterocycles. The van der Waals surface area contributed by atoms with Crippen LogP contribution in [0.1, 0.15) is 19.8 Å². The second-order valence-corrected chi connectivity index (χ2v) is 8.13. The predicted octanol–water partition coefficient (Wildman–Crippen LogP) is 1.23. The number of carbonyl (C=O) groups is 2. The Kier molecular flexibility index (Phi) is 7.69. The first kappa shape index (κ1) is 22.0. The summed E-state index contributed by atoms with van der Waals surface area (Å²) in [6.07, 6.45) is 0.0487. The predicted molar refractivity (Wildman–Crippen MR) is 95.9 cm³/mol. The number of rotatable bonds is 7. The van der Waals surface area contributed by atoms with E-state index in [9.17, 15) is 26.8 Å². The molecule has 1 aromatic carbocycles. The fraction of sp³-hybridized carbons (Fsp3) is 0.529. The zero-order valence-corrected chi connectivity index (χ0v) is 16.2. The topological polar surface area (TPSA) is 105 Å². The van der Waals surface area contributed by atoms with Gasteiger partial charge in [-0.2, -0.15) is 4.31 Å². The van der Waals surface area contributed by atoms with E-state index < -0.39 is 27.8 Å². The average Bonchev–Trinajstić information content (AvgIpc) is 2.67. The molecule has 0 unspecified atom stereocenters. The van der Waals surface area contributed by atoms with Gasteiger partial charge in [0.1, 0.15) is 0 Å². The standard InChI is InChI=1S/C17H23F2N3O5S/c1-2-27-17(24)21-8-7-20-16(23)12-5-9-22(10-6-12)28(25,26)13-3-4-14(18)15(19)11-13/h3-4,11-12H,2,5-10H2,1H3,(H,20,23)(H,21,24). The van der Waals surface area contributed by atoms with Gasteiger partial charge in [0, 0.05) is 32.1 Å². The number of alkyl carbamates (subject to hydrolysis) is 1. The molecule has 0 bridgehead atoms. The Morgan fingerprint density at radius 3 is 2.39 bits per heavy atom. The SMILES string of the molecule is CCOC(=O)NCCNC(=O)C1CCN(S(=O)(=O)c2ccc(F)c(F)c2)CC1. The summed E-state index contributed by atoms with van der Waals surface area (Å²) >= 11 is 0. The van der Waals surface area contributed by atoms with E-state index in [0.717, 1.165) is 16.4 Å². The second kappa shape index (κ2) is 9.78. The number of piperidine rings is 1. The van der Waals surface area contributed by atoms with Crippen LogP contribution in [0.5, 0.6) is 0 Å². The van der Waals surface area contributed by atoms with Crippen molar-refractivity contribution in [1.29, 1.82) is 0 Å². The lowest BCUT2D eigenvalue weighted by molar-refractivity contribution is -0.126. The molecule has 2 amide bonds. The van der Waals surface area contributed by atoms with Crippen LogP contribution < -0.4 is 10.6 Å². The summed E-state index contributed by atoms with van der Waals surface area (Å²) in [7, 11) is -3.95. The van der Waals surface area contributed by atoms with Gasteiger partial charge in [-0.05, 0) is 38.0 Å². The van der Waals surface area contributed by atoms with E-state index in [4.69, 9.17) is 0 Å². The van der Waals surface area contributed by atoms with Gasteiger partial charge in [-0.15, -0.1) is 0 Å². The van der Waals surface area contributed by atoms with Gasteiger partial charge < -0.3 is 15.4 Å². The van der Waals surface area contributed by atoms with Crippen molar-refractivity contribution >= 4 is 22.0 Å². The van der Waals surface area contributed by atoms with Crippen LogP contribution in [0.3, 0.4) is 0 Å². The van der Waals surface area contributed by atoms with Crippen LogP contribution in [0.25, 0.3) is 0 Å². The number of nitrogens with zero attached hydrogens (tertiary/aromatic N) is 1. The van der Waals surface area contributed by atoms with Gasteiger partial charge in [0.05, 0.1) is 11.5 Å². The number of sulfonamides is 1. The van der Waals surface area contributed by atoms with E-state index in [1.807, 2.05) is 0 Å². The van der Waals surface area contributed by atoms with E-state index in [-0.39, 0.29) is 49.5 Å². The zero-order chi connectivity index (χ0) is 20.7. The van der Waals surface area contributed by atoms with Crippen molar-refractivity contribution in [2.24, 2.45) is 5.92 Å². The Hall–Kier alpha value is -2.27. The minimum absolute atomic E-state index is 0.0977. The van der Waals surface area contributed by atoms with E-state index in [1.165, 1.54) is 0 Å². The lowest BCUT2D eigenvalue weighted by Gasteiger charge is -2.30. The maximum Gasteiger partial charge on any atom is 0.407 e. The molecule has 1 aromatic rings. The molecular formula is C17H23F2N3O5S. The first-order chi connectivity index (χ1) is 13.3. The van der Waals surface area contributed by atoms with Gasteiger partial charge in [-0.1, -0.05) is 0 Å². The molecule has 1 aliphatic rings. The van der Waals surface area contributed by atoms with Crippen molar-refractivity contribution in [2.45, 2.75) is 24.7 Å². The summed E-state index contributed by atoms with van der Waals surface area (Å²) in [6, 6.07) is 2.44. The molecule has 1 heterocycles. The van der Waals surface area contributed by atoms with Gasteiger partial charge in [0.25, 0.3) is 0 Å². The molecule has 1 fully saturated rings. The molecule has 28 heavy (non-hydrogen) atoms. The Balaban J connectivity index is 1.82. The van der Waals surface area contributed by atoms with Crippen LogP contribution >= 0.6 is 0 Å². The minimum atomic E-state index is -3.95. The largest absolute Gasteiger partial charge is 0.450 e. The number of nitrogens with one attached hydrogen (secondary N) is 2. The second-order valence-electron chi connectivity index (χ2n) is 6.19. The van der Waals surface area contributed by atoms with E-state index >= 15 is 0 Å². The summed E-state index contributed by atoms with van der Waals surface area (Å²) in [6.45, 7) is 2.57. The summed E-state index contributed by atoms with van der Waals surface area (Å²) in [5.41, 5.74) is 0. The molecule has 1 aliphatic heterocycles. The maximum atomic E-state index is 13.3. The van der Waals surface area contributed by atoms with Crippen molar-refractivity contribution in [3.05, 3.63) is 29.8 Å². The van der Waals surface area contributed by atoms with Crippen LogP contribution in [0.4, 0.5) is 13.6 Å². The number of amides is 2. The average molecular weight is 419 g/mol. The molecule has 11 heteroatoms. The minimum Gasteiger partial charge on any atom is -0.450 e. The molecular weight excluding hydrogens is 396 g/mol. The highest BCUT2D eigenvalue weighted by Crippen LogP contribution is 2.24. The molecule has 8 nitrogen and oxygen atoms in total. The summed E-state index contributed by atoms with van der Waals surface area (Å²) in [5, 5.41) is 5.16. The highest BCUT2D eigenvalue weighted by molar-refractivity contribution is 7.89. The third-order valence-corrected chi connectivity index (χ3v) is 6.22. The molecule has 0 spiro atoms. The molecule has 0 aromatic heterocycles. The highest BCUT2D eigenvalue weighted by Gasteiger charge is 2.32. The number of benzene rings is 1. The van der Waals surface area contributed by atoms with Gasteiger partial charge in [0.2, 0.25) is 15.9 Å². The Bertz CT molecular complexity index is 811. The smallest absolute Gasteiger partial charge is 0.407 e. The normalized spacial score (nSPS) is 15.8. The van der Waals surface area contributed by atoms with E-state index in [0.29, 0.717) is 18.9 Å². The Labute approximate surface area is 162 Å². The molecule has 0 aliphatic carbocycles. The van der Waals surface area contributed by atoms with Crippen molar-refractivity contribution in [3.8, 4) is 0 Å². The third kappa shape index (κ3) is 5.61. The van der Waals surface area contributed by atoms with E-state index in [2.05, 4.69) is 15.4 Å². The van der Waals surface area contributed by atoms with Gasteiger partial charge in [-0.3, -0.25) is 4.79 Å². The molecule has 2 N–H and O–H groups in total. The molecule has 0 atom stereocenters. The van der Waals surface area contributed by atoms with Crippen LogP contribution in [0.15, 0.2) is 23.1 Å². The van der Waals surface area contributed by atoms with E-state index in [1.54, 1.807) is 6.92 Å². The van der Waals surface area contributed by atoms with Crippen molar-refractivity contribution in [1.82, 2.24) is 14.9 Å². The number of ether oxygens (including phenoxy) is 1. The fourth-order valence-corrected chi connectivity index (χ4v) is 4.30. The monoisotopic (exact) mass is 419 g/mol. The van der Waals surface area contributed by atoms with Crippen LogP contribution in [0.2, 0.25) is 0 Å². The number of hydrogen-bond acceptors (Lipinski definition) is 5. The number of hydrogen-bond donors (Lipinski definition) is 2. The first-order valence-corrected chi connectivity index (χ1v) is 10.3. The van der Waals surface area contributed by atoms with Gasteiger partial charge in [0.15, 0.2) is 11.6 Å².